The molecule has 4 aromatic heterocycles. The molecule has 8 nitrogen and oxygen atoms in total. The molecule has 0 unspecified atom stereocenters. The van der Waals surface area contributed by atoms with E-state index in [0.29, 0.717) is 16.7 Å². The quantitative estimate of drug-likeness (QED) is 0.427. The normalized spacial score (nSPS) is 18.9. The summed E-state index contributed by atoms with van der Waals surface area (Å²) in [5, 5.41) is 0. The summed E-state index contributed by atoms with van der Waals surface area (Å²) < 4.78 is 48.0. The van der Waals surface area contributed by atoms with Crippen molar-refractivity contribution in [1.29, 1.82) is 0 Å². The van der Waals surface area contributed by atoms with Gasteiger partial charge in [0.05, 0.1) is 41.7 Å². The van der Waals surface area contributed by atoms with Gasteiger partial charge in [-0.05, 0) is 38.0 Å². The summed E-state index contributed by atoms with van der Waals surface area (Å²) in [5.74, 6) is 0.322. The van der Waals surface area contributed by atoms with Crippen LogP contribution in [0, 0.1) is 12.3 Å². The average Bonchev–Trinajstić information content (AvgIpc) is 3.19. The molecule has 2 aliphatic heterocycles. The fourth-order valence-electron chi connectivity index (χ4n) is 5.62. The van der Waals surface area contributed by atoms with E-state index >= 15 is 0 Å². The largest absolute Gasteiger partial charge is 0.419 e. The Balaban J connectivity index is 1.38. The lowest BCUT2D eigenvalue weighted by Crippen LogP contribution is -2.50. The number of imidazole rings is 1. The molecule has 2 fully saturated rings. The van der Waals surface area contributed by atoms with Crippen molar-refractivity contribution in [2.75, 3.05) is 38.6 Å². The zero-order valence-corrected chi connectivity index (χ0v) is 20.7. The van der Waals surface area contributed by atoms with Gasteiger partial charge >= 0.3 is 6.18 Å². The molecule has 11 heteroatoms. The van der Waals surface area contributed by atoms with Gasteiger partial charge < -0.3 is 19.9 Å². The summed E-state index contributed by atoms with van der Waals surface area (Å²) in [7, 11) is 0. The van der Waals surface area contributed by atoms with Crippen LogP contribution in [0.3, 0.4) is 0 Å². The standard InChI is InChI=1S/C26H28F3N7O/c1-15-33-21-11-31-20-4-3-19(16-9-18(26(27,28)29)24(30)32-10-16)34-22(20)23(21)36(15)17-5-7-35(8-6-17)12-25(2)13-37-14-25/h3-4,9-11,17H,5-8,12-14H2,1-2H3,(H2,30,32). The van der Waals surface area contributed by atoms with Crippen molar-refractivity contribution in [3.05, 3.63) is 42.0 Å². The second-order valence-electron chi connectivity index (χ2n) is 10.6. The van der Waals surface area contributed by atoms with E-state index in [0.717, 1.165) is 68.6 Å². The molecule has 2 aliphatic rings. The van der Waals surface area contributed by atoms with Gasteiger partial charge in [-0.1, -0.05) is 6.92 Å². The minimum absolute atomic E-state index is 0.241. The molecule has 6 rings (SSSR count). The Bertz CT molecular complexity index is 1490. The van der Waals surface area contributed by atoms with Crippen LogP contribution in [0.25, 0.3) is 33.3 Å². The molecule has 0 saturated carbocycles. The van der Waals surface area contributed by atoms with Gasteiger partial charge in [0.25, 0.3) is 0 Å². The number of aryl methyl sites for hydroxylation is 1. The van der Waals surface area contributed by atoms with Gasteiger partial charge in [-0.15, -0.1) is 0 Å². The second kappa shape index (κ2) is 8.63. The van der Waals surface area contributed by atoms with Crippen molar-refractivity contribution in [3.63, 3.8) is 0 Å². The van der Waals surface area contributed by atoms with Crippen molar-refractivity contribution in [3.8, 4) is 11.3 Å². The molecule has 0 spiro atoms. The van der Waals surface area contributed by atoms with E-state index in [4.69, 9.17) is 20.4 Å². The zero-order chi connectivity index (χ0) is 25.9. The maximum atomic E-state index is 13.4. The first-order valence-corrected chi connectivity index (χ1v) is 12.4. The molecular weight excluding hydrogens is 483 g/mol. The van der Waals surface area contributed by atoms with E-state index in [2.05, 4.69) is 26.4 Å². The number of aromatic nitrogens is 5. The molecule has 0 bridgehead atoms. The summed E-state index contributed by atoms with van der Waals surface area (Å²) in [5.41, 5.74) is 8.24. The van der Waals surface area contributed by atoms with E-state index in [9.17, 15) is 13.2 Å². The molecule has 6 heterocycles. The lowest BCUT2D eigenvalue weighted by Gasteiger charge is -2.44. The molecule has 0 amide bonds. The van der Waals surface area contributed by atoms with Crippen LogP contribution in [0.2, 0.25) is 0 Å². The number of pyridine rings is 3. The van der Waals surface area contributed by atoms with E-state index in [1.54, 1.807) is 18.3 Å². The molecule has 2 saturated heterocycles. The van der Waals surface area contributed by atoms with Crippen LogP contribution in [-0.4, -0.2) is 62.3 Å². The van der Waals surface area contributed by atoms with Gasteiger partial charge in [-0.2, -0.15) is 13.2 Å². The van der Waals surface area contributed by atoms with E-state index in [-0.39, 0.29) is 17.0 Å². The van der Waals surface area contributed by atoms with Crippen molar-refractivity contribution in [2.45, 2.75) is 38.9 Å². The minimum Gasteiger partial charge on any atom is -0.383 e. The highest BCUT2D eigenvalue weighted by Crippen LogP contribution is 2.37. The number of alkyl halides is 3. The highest BCUT2D eigenvalue weighted by atomic mass is 19.4. The number of fused-ring (bicyclic) bond motifs is 3. The monoisotopic (exact) mass is 511 g/mol. The van der Waals surface area contributed by atoms with Crippen LogP contribution in [0.15, 0.2) is 30.6 Å². The molecule has 0 aromatic carbocycles. The van der Waals surface area contributed by atoms with Crippen molar-refractivity contribution >= 4 is 27.9 Å². The van der Waals surface area contributed by atoms with Gasteiger partial charge in [0.2, 0.25) is 0 Å². The Morgan fingerprint density at radius 1 is 1.08 bits per heavy atom. The topological polar surface area (TPSA) is 95.0 Å². The number of nitrogens with zero attached hydrogens (tertiary/aromatic N) is 6. The Morgan fingerprint density at radius 3 is 2.51 bits per heavy atom. The summed E-state index contributed by atoms with van der Waals surface area (Å²) in [6.45, 7) is 8.90. The fraction of sp³-hybridized carbons (Fsp3) is 0.462. The van der Waals surface area contributed by atoms with Gasteiger partial charge in [-0.25, -0.2) is 15.0 Å². The number of anilines is 1. The van der Waals surface area contributed by atoms with E-state index in [1.165, 1.54) is 6.20 Å². The van der Waals surface area contributed by atoms with Crippen molar-refractivity contribution in [2.24, 2.45) is 5.41 Å². The third-order valence-corrected chi connectivity index (χ3v) is 7.49. The molecule has 0 radical (unpaired) electrons. The number of rotatable bonds is 4. The zero-order valence-electron chi connectivity index (χ0n) is 20.7. The number of nitrogens with two attached hydrogens (primary N) is 1. The van der Waals surface area contributed by atoms with Gasteiger partial charge in [0.15, 0.2) is 0 Å². The van der Waals surface area contributed by atoms with Crippen LogP contribution in [0.1, 0.15) is 37.2 Å². The number of hydrogen-bond donors (Lipinski definition) is 1. The summed E-state index contributed by atoms with van der Waals surface area (Å²) in [6, 6.07) is 4.68. The first kappa shape index (κ1) is 24.1. The molecule has 0 aliphatic carbocycles. The van der Waals surface area contributed by atoms with E-state index in [1.807, 2.05) is 6.92 Å². The average molecular weight is 512 g/mol. The number of ether oxygens (including phenoxy) is 1. The Hall–Kier alpha value is -3.31. The third-order valence-electron chi connectivity index (χ3n) is 7.49. The van der Waals surface area contributed by atoms with Gasteiger partial charge in [0.1, 0.15) is 22.7 Å². The highest BCUT2D eigenvalue weighted by molar-refractivity contribution is 6.00. The van der Waals surface area contributed by atoms with Gasteiger partial charge in [0, 0.05) is 42.9 Å². The number of piperidine rings is 1. The highest BCUT2D eigenvalue weighted by Gasteiger charge is 2.37. The minimum atomic E-state index is -4.60. The van der Waals surface area contributed by atoms with Crippen molar-refractivity contribution in [1.82, 2.24) is 29.4 Å². The third kappa shape index (κ3) is 4.29. The number of hydrogen-bond acceptors (Lipinski definition) is 7. The maximum absolute atomic E-state index is 13.4. The Labute approximate surface area is 211 Å². The first-order valence-electron chi connectivity index (χ1n) is 12.4. The first-order chi connectivity index (χ1) is 17.6. The van der Waals surface area contributed by atoms with Crippen LogP contribution >= 0.6 is 0 Å². The summed E-state index contributed by atoms with van der Waals surface area (Å²) in [6.07, 6.45) is 0.402. The molecule has 4 aromatic rings. The fourth-order valence-corrected chi connectivity index (χ4v) is 5.62. The van der Waals surface area contributed by atoms with Crippen LogP contribution in [-0.2, 0) is 10.9 Å². The predicted molar refractivity (Wildman–Crippen MR) is 134 cm³/mol. The lowest BCUT2D eigenvalue weighted by molar-refractivity contribution is -0.137. The van der Waals surface area contributed by atoms with E-state index < -0.39 is 17.6 Å². The molecule has 2 N–H and O–H groups in total. The Morgan fingerprint density at radius 2 is 1.84 bits per heavy atom. The summed E-state index contributed by atoms with van der Waals surface area (Å²) in [4.78, 5) is 20.3. The second-order valence-corrected chi connectivity index (χ2v) is 10.6. The smallest absolute Gasteiger partial charge is 0.383 e. The van der Waals surface area contributed by atoms with Crippen LogP contribution in [0.4, 0.5) is 19.0 Å². The lowest BCUT2D eigenvalue weighted by atomic mass is 9.87. The maximum Gasteiger partial charge on any atom is 0.419 e. The molecule has 0 atom stereocenters. The van der Waals surface area contributed by atoms with Crippen LogP contribution < -0.4 is 5.73 Å². The van der Waals surface area contributed by atoms with Crippen LogP contribution in [0.5, 0.6) is 0 Å². The number of halogens is 3. The number of nitrogen functional groups attached to an aromatic ring is 1. The summed E-state index contributed by atoms with van der Waals surface area (Å²) >= 11 is 0. The predicted octanol–water partition coefficient (Wildman–Crippen LogP) is 4.62. The number of likely N-dealkylation sites (tertiary alicyclic amines) is 1. The molecular formula is C26H28F3N7O. The SMILES string of the molecule is Cc1nc2cnc3ccc(-c4cnc(N)c(C(F)(F)F)c4)nc3c2n1C1CCN(CC2(C)COC2)CC1. The Kier molecular flexibility index (Phi) is 5.61. The van der Waals surface area contributed by atoms with Gasteiger partial charge in [-0.3, -0.25) is 4.98 Å². The molecule has 37 heavy (non-hydrogen) atoms. The van der Waals surface area contributed by atoms with Crippen molar-refractivity contribution < 1.29 is 17.9 Å². The molecule has 194 valence electrons.